The third kappa shape index (κ3) is 2.30. The highest BCUT2D eigenvalue weighted by molar-refractivity contribution is 5.89. The molecule has 0 N–H and O–H groups in total. The average molecular weight is 212 g/mol. The molecule has 0 fully saturated rings. The van der Waals surface area contributed by atoms with Crippen LogP contribution in [-0.4, -0.2) is 6.29 Å². The van der Waals surface area contributed by atoms with Crippen LogP contribution in [0.15, 0.2) is 36.4 Å². The van der Waals surface area contributed by atoms with E-state index in [2.05, 4.69) is 25.1 Å². The van der Waals surface area contributed by atoms with Gasteiger partial charge in [-0.1, -0.05) is 43.7 Å². The third-order valence-corrected chi connectivity index (χ3v) is 2.88. The molecule has 0 saturated carbocycles. The summed E-state index contributed by atoms with van der Waals surface area (Å²) in [6.45, 7) is 2.20. The summed E-state index contributed by atoms with van der Waals surface area (Å²) < 4.78 is 0. The smallest absolute Gasteiger partial charge is 0.150 e. The molecule has 0 unspecified atom stereocenters. The number of aldehydes is 1. The number of unbranched alkanes of at least 4 members (excludes halogenated alkanes) is 1. The summed E-state index contributed by atoms with van der Waals surface area (Å²) in [6, 6.07) is 12.3. The number of hydrogen-bond donors (Lipinski definition) is 0. The van der Waals surface area contributed by atoms with E-state index in [-0.39, 0.29) is 0 Å². The van der Waals surface area contributed by atoms with Crippen molar-refractivity contribution in [1.29, 1.82) is 0 Å². The molecule has 1 heteroatoms. The molecule has 2 rings (SSSR count). The maximum atomic E-state index is 10.7. The Morgan fingerprint density at radius 3 is 2.62 bits per heavy atom. The van der Waals surface area contributed by atoms with Crippen molar-refractivity contribution in [3.05, 3.63) is 47.5 Å². The van der Waals surface area contributed by atoms with Gasteiger partial charge in [-0.3, -0.25) is 4.79 Å². The summed E-state index contributed by atoms with van der Waals surface area (Å²) >= 11 is 0. The van der Waals surface area contributed by atoms with Crippen LogP contribution in [0.1, 0.15) is 35.7 Å². The van der Waals surface area contributed by atoms with Crippen molar-refractivity contribution in [2.75, 3.05) is 0 Å². The molecule has 2 aromatic rings. The van der Waals surface area contributed by atoms with Crippen molar-refractivity contribution in [1.82, 2.24) is 0 Å². The van der Waals surface area contributed by atoms with E-state index in [4.69, 9.17) is 0 Å². The Kier molecular flexibility index (Phi) is 3.35. The van der Waals surface area contributed by atoms with Crippen molar-refractivity contribution < 1.29 is 4.79 Å². The number of aryl methyl sites for hydroxylation is 1. The van der Waals surface area contributed by atoms with E-state index >= 15 is 0 Å². The molecule has 0 amide bonds. The molecule has 0 aliphatic carbocycles. The second-order valence-electron chi connectivity index (χ2n) is 4.16. The van der Waals surface area contributed by atoms with Crippen molar-refractivity contribution >= 4 is 17.1 Å². The lowest BCUT2D eigenvalue weighted by Crippen LogP contribution is -1.86. The summed E-state index contributed by atoms with van der Waals surface area (Å²) in [5.41, 5.74) is 2.11. The number of fused-ring (bicyclic) bond motifs is 1. The zero-order valence-corrected chi connectivity index (χ0v) is 9.57. The fourth-order valence-corrected chi connectivity index (χ4v) is 1.92. The van der Waals surface area contributed by atoms with Gasteiger partial charge in [0.25, 0.3) is 0 Å². The Hall–Kier alpha value is -1.63. The third-order valence-electron chi connectivity index (χ3n) is 2.88. The predicted octanol–water partition coefficient (Wildman–Crippen LogP) is 3.99. The highest BCUT2D eigenvalue weighted by Crippen LogP contribution is 2.18. The molecule has 0 atom stereocenters. The summed E-state index contributed by atoms with van der Waals surface area (Å²) in [5.74, 6) is 0. The summed E-state index contributed by atoms with van der Waals surface area (Å²) in [4.78, 5) is 10.7. The topological polar surface area (TPSA) is 17.1 Å². The minimum atomic E-state index is 0.750. The first-order valence-electron chi connectivity index (χ1n) is 5.81. The minimum absolute atomic E-state index is 0.750. The van der Waals surface area contributed by atoms with E-state index in [1.54, 1.807) is 0 Å². The molecular weight excluding hydrogens is 196 g/mol. The molecule has 82 valence electrons. The van der Waals surface area contributed by atoms with Crippen LogP contribution in [0.4, 0.5) is 0 Å². The van der Waals surface area contributed by atoms with Gasteiger partial charge in [-0.15, -0.1) is 0 Å². The number of carbonyl (C=O) groups excluding carboxylic acids is 1. The van der Waals surface area contributed by atoms with Crippen LogP contribution in [0.5, 0.6) is 0 Å². The van der Waals surface area contributed by atoms with E-state index in [1.165, 1.54) is 29.2 Å². The lowest BCUT2D eigenvalue weighted by molar-refractivity contribution is 0.112. The second-order valence-corrected chi connectivity index (χ2v) is 4.16. The SMILES string of the molecule is CCCCc1ccc2ccc(C=O)cc2c1. The van der Waals surface area contributed by atoms with E-state index in [0.29, 0.717) is 0 Å². The molecule has 0 aliphatic heterocycles. The van der Waals surface area contributed by atoms with Crippen LogP contribution in [0.25, 0.3) is 10.8 Å². The lowest BCUT2D eigenvalue weighted by atomic mass is 10.0. The number of benzene rings is 2. The molecule has 0 heterocycles. The monoisotopic (exact) mass is 212 g/mol. The molecule has 1 nitrogen and oxygen atoms in total. The standard InChI is InChI=1S/C15H16O/c1-2-3-4-12-5-7-14-8-6-13(11-16)10-15(14)9-12/h5-11H,2-4H2,1H3. The fourth-order valence-electron chi connectivity index (χ4n) is 1.92. The first-order chi connectivity index (χ1) is 7.83. The van der Waals surface area contributed by atoms with Gasteiger partial charge in [0.15, 0.2) is 0 Å². The van der Waals surface area contributed by atoms with Gasteiger partial charge in [0.05, 0.1) is 0 Å². The summed E-state index contributed by atoms with van der Waals surface area (Å²) in [6.07, 6.45) is 4.46. The molecule has 0 saturated heterocycles. The van der Waals surface area contributed by atoms with Gasteiger partial charge in [-0.25, -0.2) is 0 Å². The molecule has 0 aromatic heterocycles. The number of carbonyl (C=O) groups is 1. The molecule has 0 radical (unpaired) electrons. The van der Waals surface area contributed by atoms with E-state index in [9.17, 15) is 4.79 Å². The van der Waals surface area contributed by atoms with Gasteiger partial charge in [0.1, 0.15) is 6.29 Å². The Morgan fingerprint density at radius 2 is 1.88 bits per heavy atom. The molecule has 0 aliphatic rings. The maximum Gasteiger partial charge on any atom is 0.150 e. The zero-order valence-electron chi connectivity index (χ0n) is 9.57. The van der Waals surface area contributed by atoms with Crippen LogP contribution in [0.3, 0.4) is 0 Å². The zero-order chi connectivity index (χ0) is 11.4. The van der Waals surface area contributed by atoms with Crippen LogP contribution in [0.2, 0.25) is 0 Å². The van der Waals surface area contributed by atoms with Gasteiger partial charge >= 0.3 is 0 Å². The average Bonchev–Trinajstić information content (AvgIpc) is 2.35. The lowest BCUT2D eigenvalue weighted by Gasteiger charge is -2.03. The van der Waals surface area contributed by atoms with Crippen molar-refractivity contribution in [3.63, 3.8) is 0 Å². The largest absolute Gasteiger partial charge is 0.298 e. The highest BCUT2D eigenvalue weighted by Gasteiger charge is 1.98. The molecular formula is C15H16O. The van der Waals surface area contributed by atoms with Crippen molar-refractivity contribution in [2.45, 2.75) is 26.2 Å². The summed E-state index contributed by atoms with van der Waals surface area (Å²) in [5, 5.41) is 2.36. The van der Waals surface area contributed by atoms with Crippen LogP contribution < -0.4 is 0 Å². The van der Waals surface area contributed by atoms with Gasteiger partial charge in [-0.05, 0) is 35.2 Å². The maximum absolute atomic E-state index is 10.7. The van der Waals surface area contributed by atoms with Crippen molar-refractivity contribution in [2.24, 2.45) is 0 Å². The fraction of sp³-hybridized carbons (Fsp3) is 0.267. The quantitative estimate of drug-likeness (QED) is 0.700. The van der Waals surface area contributed by atoms with E-state index < -0.39 is 0 Å². The van der Waals surface area contributed by atoms with Gasteiger partial charge in [-0.2, -0.15) is 0 Å². The Labute approximate surface area is 96.1 Å². The van der Waals surface area contributed by atoms with Gasteiger partial charge in [0, 0.05) is 5.56 Å². The molecule has 2 aromatic carbocycles. The first kappa shape index (κ1) is 10.9. The van der Waals surface area contributed by atoms with Crippen LogP contribution in [0, 0.1) is 0 Å². The van der Waals surface area contributed by atoms with Crippen molar-refractivity contribution in [3.8, 4) is 0 Å². The van der Waals surface area contributed by atoms with E-state index in [1.807, 2.05) is 18.2 Å². The molecule has 0 spiro atoms. The second kappa shape index (κ2) is 4.93. The van der Waals surface area contributed by atoms with Gasteiger partial charge < -0.3 is 0 Å². The number of hydrogen-bond acceptors (Lipinski definition) is 1. The van der Waals surface area contributed by atoms with E-state index in [0.717, 1.165) is 18.3 Å². The minimum Gasteiger partial charge on any atom is -0.298 e. The highest BCUT2D eigenvalue weighted by atomic mass is 16.1. The van der Waals surface area contributed by atoms with Crippen LogP contribution in [-0.2, 0) is 6.42 Å². The van der Waals surface area contributed by atoms with Gasteiger partial charge in [0.2, 0.25) is 0 Å². The Morgan fingerprint density at radius 1 is 1.06 bits per heavy atom. The Bertz CT molecular complexity index is 500. The summed E-state index contributed by atoms with van der Waals surface area (Å²) in [7, 11) is 0. The first-order valence-corrected chi connectivity index (χ1v) is 5.81. The Balaban J connectivity index is 2.38. The molecule has 0 bridgehead atoms. The van der Waals surface area contributed by atoms with Crippen LogP contribution >= 0.6 is 0 Å². The molecule has 16 heavy (non-hydrogen) atoms. The predicted molar refractivity (Wildman–Crippen MR) is 67.9 cm³/mol. The normalized spacial score (nSPS) is 10.6. The number of rotatable bonds is 4.